The number of alkyl halides is 3. The van der Waals surface area contributed by atoms with Gasteiger partial charge < -0.3 is 9.13 Å². The number of aromatic nitrogens is 2. The van der Waals surface area contributed by atoms with E-state index in [-0.39, 0.29) is 11.4 Å². The van der Waals surface area contributed by atoms with Crippen LogP contribution >= 0.6 is 0 Å². The van der Waals surface area contributed by atoms with E-state index in [1.165, 1.54) is 0 Å². The van der Waals surface area contributed by atoms with Crippen molar-refractivity contribution in [3.05, 3.63) is 191 Å². The molecule has 0 aliphatic rings. The summed E-state index contributed by atoms with van der Waals surface area (Å²) in [6.45, 7) is 8.29. The Morgan fingerprint density at radius 1 is 0.433 bits per heavy atom. The molecule has 0 N–H and O–H groups in total. The molecule has 60 heavy (non-hydrogen) atoms. The smallest absolute Gasteiger partial charge is 0.309 e. The Bertz CT molecular complexity index is 3240. The number of nitriles is 1. The fraction of sp³-hybridized carbons (Fsp3) is 0.0926. The first-order valence-corrected chi connectivity index (χ1v) is 20.0. The number of hydrogen-bond donors (Lipinski definition) is 0. The lowest BCUT2D eigenvalue weighted by atomic mass is 9.97. The molecule has 290 valence electrons. The van der Waals surface area contributed by atoms with Crippen LogP contribution in [0.15, 0.2) is 158 Å². The lowest BCUT2D eigenvalue weighted by Crippen LogP contribution is -2.16. The molecule has 0 bridgehead atoms. The first-order chi connectivity index (χ1) is 29.0. The Labute approximate surface area is 345 Å². The minimum atomic E-state index is -4.79. The molecule has 0 aliphatic heterocycles. The summed E-state index contributed by atoms with van der Waals surface area (Å²) in [6, 6.07) is 52.7. The van der Waals surface area contributed by atoms with Crippen LogP contribution in [0.4, 0.5) is 13.2 Å². The molecule has 3 nitrogen and oxygen atoms in total. The van der Waals surface area contributed by atoms with Crippen molar-refractivity contribution in [2.24, 2.45) is 0 Å². The van der Waals surface area contributed by atoms with E-state index in [9.17, 15) is 5.26 Å². The summed E-state index contributed by atoms with van der Waals surface area (Å²) in [5.74, 6) is 0. The van der Waals surface area contributed by atoms with Gasteiger partial charge in [-0.3, -0.25) is 0 Å². The van der Waals surface area contributed by atoms with Crippen molar-refractivity contribution in [3.8, 4) is 50.8 Å². The molecule has 0 unspecified atom stereocenters. The molecule has 8 aromatic carbocycles. The van der Waals surface area contributed by atoms with Crippen LogP contribution < -0.4 is 0 Å². The van der Waals surface area contributed by atoms with E-state index in [2.05, 4.69) is 82.3 Å². The summed E-state index contributed by atoms with van der Waals surface area (Å²) in [5, 5.41) is 13.3. The number of halogens is 3. The molecule has 2 aromatic heterocycles. The van der Waals surface area contributed by atoms with Gasteiger partial charge in [-0.25, -0.2) is 0 Å². The standard InChI is InChI=1S/C54H38F3N3/c1-32-16-20-41(34(3)24-32)38-18-22-49-45(27-38)43-12-5-7-14-47(43)59(49)51-29-40(37-11-9-10-36(26-37)31-58)30-52(53(51)54(55,56)57)60-48-15-8-6-13-44(48)46-28-39(19-23-50(46)60)42-21-17-33(2)25-35(42)4/h5-30H,1-4H3. The summed E-state index contributed by atoms with van der Waals surface area (Å²) in [5.41, 5.74) is 12.2. The zero-order chi connectivity index (χ0) is 41.4. The van der Waals surface area contributed by atoms with Crippen molar-refractivity contribution in [2.45, 2.75) is 33.9 Å². The van der Waals surface area contributed by atoms with Gasteiger partial charge >= 0.3 is 6.18 Å². The summed E-state index contributed by atoms with van der Waals surface area (Å²) in [6.07, 6.45) is -4.79. The minimum Gasteiger partial charge on any atom is -0.309 e. The third kappa shape index (κ3) is 5.96. The first kappa shape index (κ1) is 36.9. The number of benzene rings is 8. The van der Waals surface area contributed by atoms with E-state index >= 15 is 13.2 Å². The molecule has 0 spiro atoms. The number of para-hydroxylation sites is 2. The number of hydrogen-bond acceptors (Lipinski definition) is 1. The second-order valence-corrected chi connectivity index (χ2v) is 15.9. The average Bonchev–Trinajstić information content (AvgIpc) is 3.75. The molecule has 0 fully saturated rings. The number of aryl methyl sites for hydroxylation is 4. The number of fused-ring (bicyclic) bond motifs is 6. The Morgan fingerprint density at radius 2 is 0.917 bits per heavy atom. The molecule has 2 heterocycles. The SMILES string of the molecule is Cc1ccc(-c2ccc3c(c2)c2ccccc2n3-c2cc(-c3cccc(C#N)c3)cc(-n3c4ccccc4c4cc(-c5ccc(C)cc5C)ccc43)c2C(F)(F)F)c(C)c1. The van der Waals surface area contributed by atoms with Crippen LogP contribution in [0.25, 0.3) is 88.4 Å². The van der Waals surface area contributed by atoms with Crippen molar-refractivity contribution in [3.63, 3.8) is 0 Å². The lowest BCUT2D eigenvalue weighted by molar-refractivity contribution is -0.137. The summed E-state index contributed by atoms with van der Waals surface area (Å²) < 4.78 is 52.7. The van der Waals surface area contributed by atoms with Gasteiger partial charge in [0.2, 0.25) is 0 Å². The van der Waals surface area contributed by atoms with Crippen LogP contribution in [-0.2, 0) is 6.18 Å². The molecular formula is C54H38F3N3. The normalized spacial score (nSPS) is 11.9. The predicted octanol–water partition coefficient (Wildman–Crippen LogP) is 15.0. The summed E-state index contributed by atoms with van der Waals surface area (Å²) in [7, 11) is 0. The van der Waals surface area contributed by atoms with Gasteiger partial charge in [-0.05, 0) is 133 Å². The number of nitrogens with zero attached hydrogens (tertiary/aromatic N) is 3. The Kier molecular flexibility index (Phi) is 8.55. The Morgan fingerprint density at radius 3 is 1.38 bits per heavy atom. The van der Waals surface area contributed by atoms with Gasteiger partial charge in [-0.15, -0.1) is 0 Å². The van der Waals surface area contributed by atoms with Gasteiger partial charge in [0.05, 0.1) is 45.1 Å². The highest BCUT2D eigenvalue weighted by molar-refractivity contribution is 6.12. The predicted molar refractivity (Wildman–Crippen MR) is 240 cm³/mol. The minimum absolute atomic E-state index is 0.000610. The maximum Gasteiger partial charge on any atom is 0.420 e. The first-order valence-electron chi connectivity index (χ1n) is 20.0. The van der Waals surface area contributed by atoms with E-state index in [0.29, 0.717) is 38.8 Å². The van der Waals surface area contributed by atoms with Crippen molar-refractivity contribution in [2.75, 3.05) is 0 Å². The maximum absolute atomic E-state index is 16.4. The van der Waals surface area contributed by atoms with Gasteiger partial charge in [0.25, 0.3) is 0 Å². The number of rotatable bonds is 5. The zero-order valence-electron chi connectivity index (χ0n) is 33.5. The quantitative estimate of drug-likeness (QED) is 0.171. The molecule has 0 aliphatic carbocycles. The van der Waals surface area contributed by atoms with Crippen molar-refractivity contribution in [1.29, 1.82) is 5.26 Å². The topological polar surface area (TPSA) is 33.6 Å². The fourth-order valence-corrected chi connectivity index (χ4v) is 9.26. The molecule has 10 rings (SSSR count). The third-order valence-corrected chi connectivity index (χ3v) is 11.9. The largest absolute Gasteiger partial charge is 0.420 e. The Hall–Kier alpha value is -7.36. The molecule has 0 amide bonds. The molecule has 10 aromatic rings. The molecular weight excluding hydrogens is 748 g/mol. The van der Waals surface area contributed by atoms with Crippen LogP contribution in [-0.4, -0.2) is 9.13 Å². The summed E-state index contributed by atoms with van der Waals surface area (Å²) >= 11 is 0. The van der Waals surface area contributed by atoms with Crippen LogP contribution in [0, 0.1) is 39.0 Å². The van der Waals surface area contributed by atoms with E-state index < -0.39 is 11.7 Å². The van der Waals surface area contributed by atoms with E-state index in [4.69, 9.17) is 0 Å². The molecule has 0 radical (unpaired) electrons. The van der Waals surface area contributed by atoms with Crippen LogP contribution in [0.5, 0.6) is 0 Å². The van der Waals surface area contributed by atoms with Crippen molar-refractivity contribution >= 4 is 43.6 Å². The lowest BCUT2D eigenvalue weighted by Gasteiger charge is -2.23. The highest BCUT2D eigenvalue weighted by atomic mass is 19.4. The molecule has 0 saturated heterocycles. The van der Waals surface area contributed by atoms with E-state index in [0.717, 1.165) is 66.1 Å². The second-order valence-electron chi connectivity index (χ2n) is 15.9. The van der Waals surface area contributed by atoms with Crippen LogP contribution in [0.1, 0.15) is 33.4 Å². The van der Waals surface area contributed by atoms with Gasteiger partial charge in [0, 0.05) is 21.5 Å². The van der Waals surface area contributed by atoms with Gasteiger partial charge in [0.15, 0.2) is 0 Å². The molecule has 0 atom stereocenters. The molecule has 6 heteroatoms. The molecule has 0 saturated carbocycles. The highest BCUT2D eigenvalue weighted by Gasteiger charge is 2.39. The second kappa shape index (κ2) is 13.9. The van der Waals surface area contributed by atoms with Gasteiger partial charge in [0.1, 0.15) is 5.56 Å². The fourth-order valence-electron chi connectivity index (χ4n) is 9.26. The third-order valence-electron chi connectivity index (χ3n) is 11.9. The monoisotopic (exact) mass is 785 g/mol. The maximum atomic E-state index is 16.4. The van der Waals surface area contributed by atoms with E-state index in [1.54, 1.807) is 39.5 Å². The van der Waals surface area contributed by atoms with Crippen molar-refractivity contribution < 1.29 is 13.2 Å². The Balaban J connectivity index is 1.32. The van der Waals surface area contributed by atoms with Crippen LogP contribution in [0.2, 0.25) is 0 Å². The van der Waals surface area contributed by atoms with Gasteiger partial charge in [-0.1, -0.05) is 108 Å². The zero-order valence-corrected chi connectivity index (χ0v) is 33.5. The highest BCUT2D eigenvalue weighted by Crippen LogP contribution is 2.47. The van der Waals surface area contributed by atoms with Gasteiger partial charge in [-0.2, -0.15) is 18.4 Å². The van der Waals surface area contributed by atoms with Crippen LogP contribution in [0.3, 0.4) is 0 Å². The average molecular weight is 786 g/mol. The van der Waals surface area contributed by atoms with E-state index in [1.807, 2.05) is 78.9 Å². The van der Waals surface area contributed by atoms with Crippen molar-refractivity contribution in [1.82, 2.24) is 9.13 Å². The summed E-state index contributed by atoms with van der Waals surface area (Å²) in [4.78, 5) is 0.